The standard InChI is InChI=1S/C22H27N3O2S/c1-15(2)14-27-17-10-8-16(9-11-17)22(26)25-20(12-13-28-3)21-23-18-6-4-5-7-19(18)24-21/h4-11,15,20H,12-14H2,1-3H3,(H,23,24)(H,25,26)/t20-/m1/s1. The van der Waals surface area contributed by atoms with Gasteiger partial charge in [-0.3, -0.25) is 4.79 Å². The topological polar surface area (TPSA) is 67.0 Å². The third-order valence-electron chi connectivity index (χ3n) is 4.35. The van der Waals surface area contributed by atoms with Crippen molar-refractivity contribution < 1.29 is 9.53 Å². The first kappa shape index (κ1) is 20.3. The van der Waals surface area contributed by atoms with E-state index in [2.05, 4.69) is 35.4 Å². The van der Waals surface area contributed by atoms with Gasteiger partial charge in [-0.25, -0.2) is 4.98 Å². The fourth-order valence-corrected chi connectivity index (χ4v) is 3.33. The molecule has 0 aliphatic heterocycles. The largest absolute Gasteiger partial charge is 0.493 e. The molecule has 0 aliphatic rings. The molecule has 0 bridgehead atoms. The molecule has 0 saturated heterocycles. The first-order valence-electron chi connectivity index (χ1n) is 9.54. The highest BCUT2D eigenvalue weighted by molar-refractivity contribution is 7.98. The number of H-pyrrole nitrogens is 1. The second-order valence-electron chi connectivity index (χ2n) is 7.18. The van der Waals surface area contributed by atoms with E-state index in [0.29, 0.717) is 18.1 Å². The Morgan fingerprint density at radius 2 is 1.93 bits per heavy atom. The molecule has 6 heteroatoms. The zero-order valence-electron chi connectivity index (χ0n) is 16.6. The van der Waals surface area contributed by atoms with Crippen molar-refractivity contribution in [1.82, 2.24) is 15.3 Å². The van der Waals surface area contributed by atoms with Gasteiger partial charge in [0.05, 0.1) is 23.7 Å². The number of fused-ring (bicyclic) bond motifs is 1. The number of carbonyl (C=O) groups excluding carboxylic acids is 1. The van der Waals surface area contributed by atoms with E-state index in [1.807, 2.05) is 36.4 Å². The Kier molecular flexibility index (Phi) is 6.98. The monoisotopic (exact) mass is 397 g/mol. The van der Waals surface area contributed by atoms with Crippen molar-refractivity contribution in [3.05, 3.63) is 59.9 Å². The molecule has 0 aliphatic carbocycles. The van der Waals surface area contributed by atoms with Crippen molar-refractivity contribution in [2.75, 3.05) is 18.6 Å². The fraction of sp³-hybridized carbons (Fsp3) is 0.364. The zero-order valence-corrected chi connectivity index (χ0v) is 17.4. The van der Waals surface area contributed by atoms with Gasteiger partial charge in [0.15, 0.2) is 0 Å². The minimum absolute atomic E-state index is 0.109. The molecule has 0 spiro atoms. The summed E-state index contributed by atoms with van der Waals surface area (Å²) in [4.78, 5) is 20.8. The maximum atomic E-state index is 12.8. The summed E-state index contributed by atoms with van der Waals surface area (Å²) in [5, 5.41) is 3.13. The number of nitrogens with zero attached hydrogens (tertiary/aromatic N) is 1. The van der Waals surface area contributed by atoms with Crippen LogP contribution in [0.2, 0.25) is 0 Å². The molecule has 2 N–H and O–H groups in total. The average Bonchev–Trinajstić information content (AvgIpc) is 3.14. The third-order valence-corrected chi connectivity index (χ3v) is 5.00. The maximum absolute atomic E-state index is 12.8. The molecule has 3 aromatic rings. The number of hydrogen-bond donors (Lipinski definition) is 2. The molecule has 28 heavy (non-hydrogen) atoms. The van der Waals surface area contributed by atoms with Gasteiger partial charge >= 0.3 is 0 Å². The average molecular weight is 398 g/mol. The molecule has 1 atom stereocenters. The first-order valence-corrected chi connectivity index (χ1v) is 10.9. The van der Waals surface area contributed by atoms with Crippen LogP contribution in [0.1, 0.15) is 42.5 Å². The van der Waals surface area contributed by atoms with Gasteiger partial charge in [0.1, 0.15) is 11.6 Å². The summed E-state index contributed by atoms with van der Waals surface area (Å²) in [6.45, 7) is 4.87. The lowest BCUT2D eigenvalue weighted by Crippen LogP contribution is -2.29. The lowest BCUT2D eigenvalue weighted by Gasteiger charge is -2.16. The van der Waals surface area contributed by atoms with Gasteiger partial charge < -0.3 is 15.0 Å². The number of rotatable bonds is 9. The molecule has 1 heterocycles. The molecule has 0 saturated carbocycles. The van der Waals surface area contributed by atoms with Crippen molar-refractivity contribution in [3.8, 4) is 5.75 Å². The van der Waals surface area contributed by atoms with Gasteiger partial charge in [0.2, 0.25) is 0 Å². The molecule has 1 aromatic heterocycles. The van der Waals surface area contributed by atoms with Gasteiger partial charge in [-0.15, -0.1) is 0 Å². The Hall–Kier alpha value is -2.47. The van der Waals surface area contributed by atoms with Crippen molar-refractivity contribution in [2.24, 2.45) is 5.92 Å². The molecule has 2 aromatic carbocycles. The predicted octanol–water partition coefficient (Wildman–Crippen LogP) is 4.82. The molecule has 0 fully saturated rings. The second kappa shape index (κ2) is 9.64. The summed E-state index contributed by atoms with van der Waals surface area (Å²) >= 11 is 1.75. The SMILES string of the molecule is CSCC[C@@H](NC(=O)c1ccc(OCC(C)C)cc1)c1nc2ccccc2[nH]1. The Labute approximate surface area is 170 Å². The van der Waals surface area contributed by atoms with Crippen LogP contribution in [0.5, 0.6) is 5.75 Å². The summed E-state index contributed by atoms with van der Waals surface area (Å²) in [5.74, 6) is 2.86. The van der Waals surface area contributed by atoms with E-state index in [4.69, 9.17) is 4.74 Å². The van der Waals surface area contributed by atoms with Crippen LogP contribution in [0.15, 0.2) is 48.5 Å². The third kappa shape index (κ3) is 5.29. The van der Waals surface area contributed by atoms with Gasteiger partial charge in [0, 0.05) is 5.56 Å². The summed E-state index contributed by atoms with van der Waals surface area (Å²) in [7, 11) is 0. The Morgan fingerprint density at radius 3 is 2.61 bits per heavy atom. The predicted molar refractivity (Wildman–Crippen MR) is 116 cm³/mol. The summed E-state index contributed by atoms with van der Waals surface area (Å²) in [5.41, 5.74) is 2.50. The quantitative estimate of drug-likeness (QED) is 0.543. The van der Waals surface area contributed by atoms with Crippen molar-refractivity contribution in [1.29, 1.82) is 0 Å². The van der Waals surface area contributed by atoms with Crippen LogP contribution in [0.4, 0.5) is 0 Å². The Morgan fingerprint density at radius 1 is 1.18 bits per heavy atom. The molecule has 148 valence electrons. The van der Waals surface area contributed by atoms with Crippen LogP contribution in [-0.4, -0.2) is 34.5 Å². The highest BCUT2D eigenvalue weighted by atomic mass is 32.2. The van der Waals surface area contributed by atoms with Crippen LogP contribution in [0, 0.1) is 5.92 Å². The van der Waals surface area contributed by atoms with Gasteiger partial charge in [-0.1, -0.05) is 26.0 Å². The lowest BCUT2D eigenvalue weighted by atomic mass is 10.1. The minimum atomic E-state index is -0.163. The van der Waals surface area contributed by atoms with E-state index in [-0.39, 0.29) is 11.9 Å². The maximum Gasteiger partial charge on any atom is 0.251 e. The van der Waals surface area contributed by atoms with E-state index in [0.717, 1.165) is 34.8 Å². The number of imidazole rings is 1. The lowest BCUT2D eigenvalue weighted by molar-refractivity contribution is 0.0934. The molecule has 3 rings (SSSR count). The van der Waals surface area contributed by atoms with Crippen LogP contribution < -0.4 is 10.1 Å². The number of amides is 1. The van der Waals surface area contributed by atoms with Crippen LogP contribution >= 0.6 is 11.8 Å². The summed E-state index contributed by atoms with van der Waals surface area (Å²) < 4.78 is 5.69. The number of benzene rings is 2. The van der Waals surface area contributed by atoms with Crippen molar-refractivity contribution in [2.45, 2.75) is 26.3 Å². The number of hydrogen-bond acceptors (Lipinski definition) is 4. The normalized spacial score (nSPS) is 12.3. The summed E-state index contributed by atoms with van der Waals surface area (Å²) in [6, 6.07) is 15.0. The number of aromatic amines is 1. The molecular formula is C22H27N3O2S. The minimum Gasteiger partial charge on any atom is -0.493 e. The number of nitrogens with one attached hydrogen (secondary N) is 2. The van der Waals surface area contributed by atoms with E-state index >= 15 is 0 Å². The number of para-hydroxylation sites is 2. The van der Waals surface area contributed by atoms with Gasteiger partial charge in [-0.05, 0) is 60.7 Å². The van der Waals surface area contributed by atoms with Crippen LogP contribution in [0.25, 0.3) is 11.0 Å². The Bertz CT molecular complexity index is 873. The summed E-state index contributed by atoms with van der Waals surface area (Å²) in [6.07, 6.45) is 2.87. The fourth-order valence-electron chi connectivity index (χ4n) is 2.86. The zero-order chi connectivity index (χ0) is 19.9. The smallest absolute Gasteiger partial charge is 0.251 e. The molecule has 0 radical (unpaired) electrons. The molecule has 1 amide bonds. The molecular weight excluding hydrogens is 370 g/mol. The number of carbonyl (C=O) groups is 1. The highest BCUT2D eigenvalue weighted by Gasteiger charge is 2.19. The van der Waals surface area contributed by atoms with Crippen molar-refractivity contribution in [3.63, 3.8) is 0 Å². The van der Waals surface area contributed by atoms with Crippen LogP contribution in [0.3, 0.4) is 0 Å². The highest BCUT2D eigenvalue weighted by Crippen LogP contribution is 2.21. The Balaban J connectivity index is 1.72. The molecule has 5 nitrogen and oxygen atoms in total. The van der Waals surface area contributed by atoms with Gasteiger partial charge in [0.25, 0.3) is 5.91 Å². The van der Waals surface area contributed by atoms with E-state index in [1.165, 1.54) is 0 Å². The van der Waals surface area contributed by atoms with E-state index in [1.54, 1.807) is 23.9 Å². The van der Waals surface area contributed by atoms with Crippen molar-refractivity contribution >= 4 is 28.7 Å². The van der Waals surface area contributed by atoms with E-state index in [9.17, 15) is 4.79 Å². The molecule has 0 unspecified atom stereocenters. The van der Waals surface area contributed by atoms with Gasteiger partial charge in [-0.2, -0.15) is 11.8 Å². The van der Waals surface area contributed by atoms with Crippen LogP contribution in [-0.2, 0) is 0 Å². The number of ether oxygens (including phenoxy) is 1. The second-order valence-corrected chi connectivity index (χ2v) is 8.16. The number of thioether (sulfide) groups is 1. The number of aromatic nitrogens is 2. The first-order chi connectivity index (χ1) is 13.6. The van der Waals surface area contributed by atoms with E-state index < -0.39 is 0 Å².